The van der Waals surface area contributed by atoms with Gasteiger partial charge in [0, 0.05) is 24.0 Å². The normalized spacial score (nSPS) is 18.9. The van der Waals surface area contributed by atoms with Gasteiger partial charge in [-0.15, -0.1) is 0 Å². The van der Waals surface area contributed by atoms with E-state index in [4.69, 9.17) is 4.43 Å². The van der Waals surface area contributed by atoms with Crippen LogP contribution in [0.5, 0.6) is 5.75 Å². The fraction of sp³-hybridized carbons (Fsp3) is 0.500. The summed E-state index contributed by atoms with van der Waals surface area (Å²) in [7, 11) is 0.411. The molecule has 1 aromatic heterocycles. The van der Waals surface area contributed by atoms with Gasteiger partial charge in [-0.05, 0) is 73.9 Å². The van der Waals surface area contributed by atoms with Crippen molar-refractivity contribution in [3.63, 3.8) is 0 Å². The van der Waals surface area contributed by atoms with Crippen LogP contribution in [0.4, 0.5) is 0 Å². The fourth-order valence-electron chi connectivity index (χ4n) is 3.29. The van der Waals surface area contributed by atoms with Crippen LogP contribution in [0, 0.1) is 0 Å². The van der Waals surface area contributed by atoms with Gasteiger partial charge >= 0.3 is 0 Å². The number of aromatic nitrogens is 1. The van der Waals surface area contributed by atoms with Crippen LogP contribution in [0.15, 0.2) is 42.7 Å². The summed E-state index contributed by atoms with van der Waals surface area (Å²) in [6.45, 7) is 12.5. The molecule has 26 heavy (non-hydrogen) atoms. The largest absolute Gasteiger partial charge is 0.544 e. The molecule has 0 bridgehead atoms. The first kappa shape index (κ1) is 19.1. The van der Waals surface area contributed by atoms with Gasteiger partial charge in [-0.3, -0.25) is 9.88 Å². The molecule has 0 spiro atoms. The van der Waals surface area contributed by atoms with Gasteiger partial charge in [0.15, 0.2) is 0 Å². The van der Waals surface area contributed by atoms with Crippen molar-refractivity contribution in [3.05, 3.63) is 48.3 Å². The lowest BCUT2D eigenvalue weighted by Gasteiger charge is -2.36. The number of nitrogens with zero attached hydrogens (tertiary/aromatic N) is 2. The van der Waals surface area contributed by atoms with E-state index in [1.165, 1.54) is 36.1 Å². The van der Waals surface area contributed by atoms with Crippen LogP contribution < -0.4 is 4.43 Å². The second-order valence-electron chi connectivity index (χ2n) is 9.03. The third-order valence-electron chi connectivity index (χ3n) is 6.03. The Bertz CT molecular complexity index is 749. The average Bonchev–Trinajstić information content (AvgIpc) is 3.00. The van der Waals surface area contributed by atoms with E-state index in [2.05, 4.69) is 81.1 Å². The lowest BCUT2D eigenvalue weighted by atomic mass is 10.0. The number of benzene rings is 1. The van der Waals surface area contributed by atoms with E-state index >= 15 is 0 Å². The molecule has 3 nitrogen and oxygen atoms in total. The van der Waals surface area contributed by atoms with Crippen LogP contribution in [-0.2, 0) is 0 Å². The minimum absolute atomic E-state index is 0.206. The lowest BCUT2D eigenvalue weighted by molar-refractivity contribution is 0.317. The molecule has 1 fully saturated rings. The van der Waals surface area contributed by atoms with Gasteiger partial charge in [0.25, 0.3) is 0 Å². The molecule has 1 aliphatic rings. The molecular weight excluding hydrogens is 336 g/mol. The topological polar surface area (TPSA) is 25.4 Å². The maximum Gasteiger partial charge on any atom is 0.250 e. The van der Waals surface area contributed by atoms with Crippen molar-refractivity contribution in [2.45, 2.75) is 57.8 Å². The predicted molar refractivity (Wildman–Crippen MR) is 112 cm³/mol. The molecule has 0 unspecified atom stereocenters. The van der Waals surface area contributed by atoms with Crippen molar-refractivity contribution in [1.82, 2.24) is 9.88 Å². The molecule has 4 heteroatoms. The first-order valence-corrected chi connectivity index (χ1v) is 12.5. The molecule has 1 saturated heterocycles. The fourth-order valence-corrected chi connectivity index (χ4v) is 4.32. The number of hydrogen-bond donors (Lipinski definition) is 0. The van der Waals surface area contributed by atoms with Crippen molar-refractivity contribution in [2.24, 2.45) is 0 Å². The van der Waals surface area contributed by atoms with Crippen LogP contribution in [0.2, 0.25) is 18.1 Å². The molecule has 3 rings (SSSR count). The standard InChI is InChI=1S/C22H32N2OSi/c1-22(2,3)26(5,6)25-20-11-9-17(10-12-20)18-14-19(16-23-15-18)21-8-7-13-24(21)4/h9-12,14-16,21H,7-8,13H2,1-6H3/t21-/m0/s1. The van der Waals surface area contributed by atoms with Gasteiger partial charge in [0.2, 0.25) is 8.32 Å². The Kier molecular flexibility index (Phi) is 5.27. The summed E-state index contributed by atoms with van der Waals surface area (Å²) >= 11 is 0. The highest BCUT2D eigenvalue weighted by atomic mass is 28.4. The second kappa shape index (κ2) is 7.16. The Morgan fingerprint density at radius 3 is 2.35 bits per heavy atom. The molecule has 0 amide bonds. The minimum Gasteiger partial charge on any atom is -0.544 e. The number of hydrogen-bond acceptors (Lipinski definition) is 3. The first-order chi connectivity index (χ1) is 12.2. The molecule has 140 valence electrons. The summed E-state index contributed by atoms with van der Waals surface area (Å²) < 4.78 is 6.39. The zero-order valence-corrected chi connectivity index (χ0v) is 18.0. The number of likely N-dealkylation sites (tertiary alicyclic amines) is 1. The zero-order chi connectivity index (χ0) is 18.9. The van der Waals surface area contributed by atoms with E-state index in [0.29, 0.717) is 6.04 Å². The maximum absolute atomic E-state index is 6.39. The quantitative estimate of drug-likeness (QED) is 0.628. The van der Waals surface area contributed by atoms with Gasteiger partial charge in [-0.2, -0.15) is 0 Å². The third-order valence-corrected chi connectivity index (χ3v) is 10.4. The average molecular weight is 369 g/mol. The van der Waals surface area contributed by atoms with Crippen LogP contribution in [0.25, 0.3) is 11.1 Å². The van der Waals surface area contributed by atoms with E-state index in [0.717, 1.165) is 5.75 Å². The van der Waals surface area contributed by atoms with Crippen LogP contribution in [0.3, 0.4) is 0 Å². The molecule has 2 heterocycles. The van der Waals surface area contributed by atoms with Gasteiger partial charge in [0.05, 0.1) is 0 Å². The maximum atomic E-state index is 6.39. The van der Waals surface area contributed by atoms with Gasteiger partial charge in [0.1, 0.15) is 5.75 Å². The summed E-state index contributed by atoms with van der Waals surface area (Å²) in [4.78, 5) is 6.93. The third kappa shape index (κ3) is 4.02. The summed E-state index contributed by atoms with van der Waals surface area (Å²) in [5, 5.41) is 0.206. The zero-order valence-electron chi connectivity index (χ0n) is 17.0. The van der Waals surface area contributed by atoms with Crippen molar-refractivity contribution in [1.29, 1.82) is 0 Å². The molecule has 2 aromatic rings. The van der Waals surface area contributed by atoms with Crippen LogP contribution in [0.1, 0.15) is 45.2 Å². The summed E-state index contributed by atoms with van der Waals surface area (Å²) in [6, 6.07) is 11.3. The summed E-state index contributed by atoms with van der Waals surface area (Å²) in [5.41, 5.74) is 3.70. The lowest BCUT2D eigenvalue weighted by Crippen LogP contribution is -2.43. The molecule has 0 aliphatic carbocycles. The Morgan fingerprint density at radius 1 is 1.08 bits per heavy atom. The molecule has 1 aromatic carbocycles. The highest BCUT2D eigenvalue weighted by molar-refractivity contribution is 6.74. The molecule has 0 saturated carbocycles. The molecule has 1 aliphatic heterocycles. The number of pyridine rings is 1. The van der Waals surface area contributed by atoms with Gasteiger partial charge in [-0.1, -0.05) is 32.9 Å². The van der Waals surface area contributed by atoms with E-state index in [1.807, 2.05) is 12.4 Å². The Hall–Kier alpha value is -1.65. The monoisotopic (exact) mass is 368 g/mol. The van der Waals surface area contributed by atoms with Crippen molar-refractivity contribution >= 4 is 8.32 Å². The van der Waals surface area contributed by atoms with Crippen LogP contribution in [-0.4, -0.2) is 31.8 Å². The predicted octanol–water partition coefficient (Wildman–Crippen LogP) is 5.90. The van der Waals surface area contributed by atoms with E-state index in [9.17, 15) is 0 Å². The van der Waals surface area contributed by atoms with E-state index in [-0.39, 0.29) is 5.04 Å². The highest BCUT2D eigenvalue weighted by Gasteiger charge is 2.38. The van der Waals surface area contributed by atoms with E-state index in [1.54, 1.807) is 0 Å². The molecular formula is C22H32N2OSi. The first-order valence-electron chi connectivity index (χ1n) is 9.62. The van der Waals surface area contributed by atoms with Gasteiger partial charge < -0.3 is 4.43 Å². The Labute approximate surface area is 159 Å². The Balaban J connectivity index is 1.79. The SMILES string of the molecule is CN1CCC[C@H]1c1cncc(-c2ccc(O[Si](C)(C)C(C)(C)C)cc2)c1. The molecule has 0 N–H and O–H groups in total. The summed E-state index contributed by atoms with van der Waals surface area (Å²) in [6.07, 6.45) is 6.47. The molecule has 0 radical (unpaired) electrons. The second-order valence-corrected chi connectivity index (χ2v) is 13.8. The van der Waals surface area contributed by atoms with Gasteiger partial charge in [-0.25, -0.2) is 0 Å². The van der Waals surface area contributed by atoms with Crippen molar-refractivity contribution in [3.8, 4) is 16.9 Å². The minimum atomic E-state index is -1.79. The number of rotatable bonds is 4. The highest BCUT2D eigenvalue weighted by Crippen LogP contribution is 2.38. The smallest absolute Gasteiger partial charge is 0.250 e. The Morgan fingerprint density at radius 2 is 1.77 bits per heavy atom. The van der Waals surface area contributed by atoms with E-state index < -0.39 is 8.32 Å². The summed E-state index contributed by atoms with van der Waals surface area (Å²) in [5.74, 6) is 0.972. The van der Waals surface area contributed by atoms with Crippen LogP contribution >= 0.6 is 0 Å². The molecule has 1 atom stereocenters. The van der Waals surface area contributed by atoms with Crippen molar-refractivity contribution in [2.75, 3.05) is 13.6 Å². The van der Waals surface area contributed by atoms with Crippen molar-refractivity contribution < 1.29 is 4.43 Å².